The lowest BCUT2D eigenvalue weighted by Gasteiger charge is -2.22. The Balaban J connectivity index is 1.67. The van der Waals surface area contributed by atoms with Crippen LogP contribution in [0.5, 0.6) is 0 Å². The van der Waals surface area contributed by atoms with Crippen molar-refractivity contribution >= 4 is 29.1 Å². The maximum Gasteiger partial charge on any atom is 0.237 e. The summed E-state index contributed by atoms with van der Waals surface area (Å²) in [5, 5.41) is 15.2. The normalized spacial score (nSPS) is 16.2. The molecule has 26 heavy (non-hydrogen) atoms. The highest BCUT2D eigenvalue weighted by Crippen LogP contribution is 2.31. The van der Waals surface area contributed by atoms with Crippen LogP contribution in [-0.2, 0) is 4.79 Å². The van der Waals surface area contributed by atoms with Crippen LogP contribution in [0.25, 0.3) is 0 Å². The van der Waals surface area contributed by atoms with E-state index >= 15 is 0 Å². The van der Waals surface area contributed by atoms with Crippen molar-refractivity contribution in [2.45, 2.75) is 62.4 Å². The van der Waals surface area contributed by atoms with E-state index in [0.29, 0.717) is 22.4 Å². The third-order valence-electron chi connectivity index (χ3n) is 4.60. The number of anilines is 1. The van der Waals surface area contributed by atoms with Gasteiger partial charge in [0.05, 0.1) is 17.0 Å². The number of amides is 1. The highest BCUT2D eigenvalue weighted by molar-refractivity contribution is 8.00. The third kappa shape index (κ3) is 4.30. The summed E-state index contributed by atoms with van der Waals surface area (Å²) in [6, 6.07) is 7.33. The molecular formula is C18H23N5O2S. The van der Waals surface area contributed by atoms with E-state index in [4.69, 9.17) is 0 Å². The first-order chi connectivity index (χ1) is 12.6. The van der Waals surface area contributed by atoms with Gasteiger partial charge in [0.25, 0.3) is 0 Å². The maximum atomic E-state index is 12.6. The van der Waals surface area contributed by atoms with Gasteiger partial charge in [0.2, 0.25) is 11.1 Å². The number of thioether (sulfide) groups is 1. The number of hydrogen-bond acceptors (Lipinski definition) is 6. The fraction of sp³-hybridized carbons (Fsp3) is 0.500. The predicted molar refractivity (Wildman–Crippen MR) is 100 cm³/mol. The highest BCUT2D eigenvalue weighted by atomic mass is 32.2. The number of hydrogen-bond donors (Lipinski definition) is 1. The number of ketones is 1. The monoisotopic (exact) mass is 373 g/mol. The lowest BCUT2D eigenvalue weighted by Crippen LogP contribution is -2.24. The zero-order valence-electron chi connectivity index (χ0n) is 15.0. The van der Waals surface area contributed by atoms with Crippen LogP contribution in [0.3, 0.4) is 0 Å². The topological polar surface area (TPSA) is 89.8 Å². The van der Waals surface area contributed by atoms with Crippen molar-refractivity contribution in [3.8, 4) is 0 Å². The van der Waals surface area contributed by atoms with Gasteiger partial charge in [-0.1, -0.05) is 43.2 Å². The molecule has 1 amide bonds. The third-order valence-corrected chi connectivity index (χ3v) is 5.65. The van der Waals surface area contributed by atoms with Gasteiger partial charge in [0.1, 0.15) is 0 Å². The smallest absolute Gasteiger partial charge is 0.237 e. The van der Waals surface area contributed by atoms with Gasteiger partial charge in [-0.15, -0.1) is 5.10 Å². The molecule has 1 unspecified atom stereocenters. The van der Waals surface area contributed by atoms with Crippen molar-refractivity contribution < 1.29 is 9.59 Å². The number of nitrogens with one attached hydrogen (secondary N) is 1. The van der Waals surface area contributed by atoms with Gasteiger partial charge in [-0.05, 0) is 49.2 Å². The van der Waals surface area contributed by atoms with Crippen molar-refractivity contribution in [3.63, 3.8) is 0 Å². The van der Waals surface area contributed by atoms with Gasteiger partial charge in [0, 0.05) is 5.56 Å². The van der Waals surface area contributed by atoms with Gasteiger partial charge in [-0.25, -0.2) is 4.68 Å². The summed E-state index contributed by atoms with van der Waals surface area (Å²) in [7, 11) is 0. The minimum Gasteiger partial charge on any atom is -0.324 e. The van der Waals surface area contributed by atoms with E-state index in [-0.39, 0.29) is 16.9 Å². The molecule has 0 aliphatic heterocycles. The Bertz CT molecular complexity index is 785. The summed E-state index contributed by atoms with van der Waals surface area (Å²) in [6.45, 7) is 3.30. The van der Waals surface area contributed by atoms with E-state index in [0.717, 1.165) is 12.8 Å². The lowest BCUT2D eigenvalue weighted by molar-refractivity contribution is -0.115. The Morgan fingerprint density at radius 3 is 2.69 bits per heavy atom. The molecule has 1 aromatic carbocycles. The van der Waals surface area contributed by atoms with E-state index in [1.807, 2.05) is 11.6 Å². The first kappa shape index (κ1) is 18.6. The molecule has 0 spiro atoms. The standard InChI is InChI=1S/C18H23N5O2S/c1-12(24)15-10-6-7-11-16(15)19-17(25)13(2)26-18-20-21-22-23(18)14-8-4-3-5-9-14/h6-7,10-11,13-14H,3-5,8-9H2,1-2H3,(H,19,25). The Morgan fingerprint density at radius 2 is 1.96 bits per heavy atom. The minimum atomic E-state index is -0.386. The Kier molecular flexibility index (Phi) is 6.03. The maximum absolute atomic E-state index is 12.6. The zero-order chi connectivity index (χ0) is 18.5. The van der Waals surface area contributed by atoms with E-state index in [1.165, 1.54) is 37.9 Å². The van der Waals surface area contributed by atoms with Gasteiger partial charge >= 0.3 is 0 Å². The number of tetrazole rings is 1. The molecule has 0 bridgehead atoms. The number of rotatable bonds is 6. The summed E-state index contributed by atoms with van der Waals surface area (Å²) in [4.78, 5) is 24.3. The molecule has 1 aliphatic rings. The first-order valence-electron chi connectivity index (χ1n) is 8.91. The molecule has 1 aliphatic carbocycles. The van der Waals surface area contributed by atoms with Gasteiger partial charge in [-0.3, -0.25) is 9.59 Å². The largest absolute Gasteiger partial charge is 0.324 e. The molecule has 1 aromatic heterocycles. The lowest BCUT2D eigenvalue weighted by atomic mass is 9.96. The van der Waals surface area contributed by atoms with E-state index in [2.05, 4.69) is 20.8 Å². The zero-order valence-corrected chi connectivity index (χ0v) is 15.8. The number of para-hydroxylation sites is 1. The van der Waals surface area contributed by atoms with Crippen molar-refractivity contribution in [2.75, 3.05) is 5.32 Å². The molecule has 3 rings (SSSR count). The van der Waals surface area contributed by atoms with Crippen LogP contribution < -0.4 is 5.32 Å². The molecule has 1 fully saturated rings. The number of aromatic nitrogens is 4. The predicted octanol–water partition coefficient (Wildman–Crippen LogP) is 3.50. The summed E-state index contributed by atoms with van der Waals surface area (Å²) >= 11 is 1.34. The quantitative estimate of drug-likeness (QED) is 0.616. The van der Waals surface area contributed by atoms with Gasteiger partial charge in [0.15, 0.2) is 5.78 Å². The Hall–Kier alpha value is -2.22. The Morgan fingerprint density at radius 1 is 1.23 bits per heavy atom. The highest BCUT2D eigenvalue weighted by Gasteiger charge is 2.24. The molecule has 1 atom stereocenters. The van der Waals surface area contributed by atoms with E-state index in [1.54, 1.807) is 24.3 Å². The Labute approximate surface area is 156 Å². The molecule has 0 radical (unpaired) electrons. The number of benzene rings is 1. The SMILES string of the molecule is CC(=O)c1ccccc1NC(=O)C(C)Sc1nnnn1C1CCCCC1. The summed E-state index contributed by atoms with van der Waals surface area (Å²) in [5.74, 6) is -0.260. The van der Waals surface area contributed by atoms with Crippen LogP contribution in [-0.4, -0.2) is 37.1 Å². The molecule has 1 saturated carbocycles. The molecule has 2 aromatic rings. The van der Waals surface area contributed by atoms with Crippen molar-refractivity contribution in [1.82, 2.24) is 20.2 Å². The number of Topliss-reactive ketones (excluding diaryl/α,β-unsaturated/α-hetero) is 1. The van der Waals surface area contributed by atoms with Crippen LogP contribution in [0.1, 0.15) is 62.4 Å². The average molecular weight is 373 g/mol. The second-order valence-electron chi connectivity index (χ2n) is 6.55. The van der Waals surface area contributed by atoms with Crippen molar-refractivity contribution in [3.05, 3.63) is 29.8 Å². The van der Waals surface area contributed by atoms with Crippen molar-refractivity contribution in [1.29, 1.82) is 0 Å². The summed E-state index contributed by atoms with van der Waals surface area (Å²) in [6.07, 6.45) is 5.78. The minimum absolute atomic E-state index is 0.0811. The number of nitrogens with zero attached hydrogens (tertiary/aromatic N) is 4. The van der Waals surface area contributed by atoms with Crippen LogP contribution in [0.2, 0.25) is 0 Å². The molecular weight excluding hydrogens is 350 g/mol. The average Bonchev–Trinajstić information content (AvgIpc) is 3.10. The number of carbonyl (C=O) groups excluding carboxylic acids is 2. The molecule has 8 heteroatoms. The fourth-order valence-electron chi connectivity index (χ4n) is 3.16. The summed E-state index contributed by atoms with van der Waals surface area (Å²) in [5.41, 5.74) is 1.04. The molecule has 1 heterocycles. The van der Waals surface area contributed by atoms with E-state index in [9.17, 15) is 9.59 Å². The molecule has 138 valence electrons. The van der Waals surface area contributed by atoms with Crippen molar-refractivity contribution in [2.24, 2.45) is 0 Å². The van der Waals surface area contributed by atoms with E-state index < -0.39 is 0 Å². The molecule has 0 saturated heterocycles. The summed E-state index contributed by atoms with van der Waals surface area (Å²) < 4.78 is 1.86. The van der Waals surface area contributed by atoms with Crippen LogP contribution in [0.15, 0.2) is 29.4 Å². The molecule has 1 N–H and O–H groups in total. The van der Waals surface area contributed by atoms with Gasteiger partial charge < -0.3 is 5.32 Å². The fourth-order valence-corrected chi connectivity index (χ4v) is 4.02. The van der Waals surface area contributed by atoms with Crippen LogP contribution in [0.4, 0.5) is 5.69 Å². The molecule has 7 nitrogen and oxygen atoms in total. The second kappa shape index (κ2) is 8.44. The second-order valence-corrected chi connectivity index (χ2v) is 7.86. The number of carbonyl (C=O) groups is 2. The van der Waals surface area contributed by atoms with Crippen LogP contribution >= 0.6 is 11.8 Å². The van der Waals surface area contributed by atoms with Gasteiger partial charge in [-0.2, -0.15) is 0 Å². The van der Waals surface area contributed by atoms with Crippen LogP contribution in [0, 0.1) is 0 Å². The first-order valence-corrected chi connectivity index (χ1v) is 9.79.